The number of nitrogens with two attached hydrogens (primary N) is 1. The molecule has 5 nitrogen and oxygen atoms in total. The number of pyridine rings is 3. The molecule has 0 saturated carbocycles. The Morgan fingerprint density at radius 2 is 1.40 bits per heavy atom. The highest BCUT2D eigenvalue weighted by molar-refractivity contribution is 5.59. The Balaban J connectivity index is 1.33. The van der Waals surface area contributed by atoms with Crippen LogP contribution in [0.15, 0.2) is 103 Å². The molecule has 3 aromatic heterocycles. The van der Waals surface area contributed by atoms with Gasteiger partial charge in [-0.2, -0.15) is 0 Å². The minimum atomic E-state index is 0.212. The summed E-state index contributed by atoms with van der Waals surface area (Å²) >= 11 is 0. The normalized spacial score (nSPS) is 14.6. The molecule has 0 amide bonds. The summed E-state index contributed by atoms with van der Waals surface area (Å²) in [6.07, 6.45) is 8.55. The number of hydrogen-bond acceptors (Lipinski definition) is 5. The van der Waals surface area contributed by atoms with Crippen molar-refractivity contribution in [1.82, 2.24) is 20.3 Å². The number of fused-ring (bicyclic) bond motifs is 1. The van der Waals surface area contributed by atoms with Crippen molar-refractivity contribution in [3.05, 3.63) is 148 Å². The summed E-state index contributed by atoms with van der Waals surface area (Å²) in [5.41, 5.74) is 18.1. The molecule has 0 saturated heterocycles. The Hall–Kier alpha value is -4.19. The standard InChI is InChI=1S/C35H35N5/c36-23-27-15-16-28(32(22-30-13-5-7-20-38-30)31(27)21-29-12-4-6-19-37-29)24-39-34-14-8-11-26-17-18-33(40-35(26)34)25-9-2-1-3-10-25/h1-7,9-10,12-13,15-20,34,39H,8,11,14,21-24,36H2. The summed E-state index contributed by atoms with van der Waals surface area (Å²) in [5.74, 6) is 0. The Labute approximate surface area is 236 Å². The van der Waals surface area contributed by atoms with Gasteiger partial charge < -0.3 is 11.1 Å². The van der Waals surface area contributed by atoms with Crippen LogP contribution in [0.4, 0.5) is 0 Å². The molecule has 6 rings (SSSR count). The molecule has 0 radical (unpaired) electrons. The Morgan fingerprint density at radius 3 is 2.08 bits per heavy atom. The van der Waals surface area contributed by atoms with E-state index in [4.69, 9.17) is 10.7 Å². The summed E-state index contributed by atoms with van der Waals surface area (Å²) in [5, 5.41) is 3.90. The predicted molar refractivity (Wildman–Crippen MR) is 161 cm³/mol. The Bertz CT molecular complexity index is 1550. The first-order valence-corrected chi connectivity index (χ1v) is 14.2. The van der Waals surface area contributed by atoms with Crippen LogP contribution < -0.4 is 11.1 Å². The number of nitrogens with one attached hydrogen (secondary N) is 1. The van der Waals surface area contributed by atoms with Crippen molar-refractivity contribution in [3.63, 3.8) is 0 Å². The zero-order chi connectivity index (χ0) is 27.1. The van der Waals surface area contributed by atoms with Gasteiger partial charge in [-0.3, -0.25) is 15.0 Å². The molecular weight excluding hydrogens is 490 g/mol. The first kappa shape index (κ1) is 26.1. The van der Waals surface area contributed by atoms with Crippen molar-refractivity contribution >= 4 is 0 Å². The number of rotatable bonds is 9. The molecule has 200 valence electrons. The van der Waals surface area contributed by atoms with Crippen LogP contribution in [0.3, 0.4) is 0 Å². The summed E-state index contributed by atoms with van der Waals surface area (Å²) in [6, 6.07) is 31.8. The lowest BCUT2D eigenvalue weighted by molar-refractivity contribution is 0.447. The van der Waals surface area contributed by atoms with Crippen molar-refractivity contribution in [1.29, 1.82) is 0 Å². The molecule has 5 heteroatoms. The quantitative estimate of drug-likeness (QED) is 0.235. The second kappa shape index (κ2) is 12.3. The molecule has 0 fully saturated rings. The van der Waals surface area contributed by atoms with Crippen molar-refractivity contribution in [3.8, 4) is 11.3 Å². The minimum absolute atomic E-state index is 0.212. The summed E-state index contributed by atoms with van der Waals surface area (Å²) in [4.78, 5) is 14.5. The summed E-state index contributed by atoms with van der Waals surface area (Å²) in [7, 11) is 0. The van der Waals surface area contributed by atoms with Crippen LogP contribution in [-0.4, -0.2) is 15.0 Å². The smallest absolute Gasteiger partial charge is 0.0706 e. The van der Waals surface area contributed by atoms with Crippen LogP contribution in [0.25, 0.3) is 11.3 Å². The van der Waals surface area contributed by atoms with Gasteiger partial charge in [-0.05, 0) is 77.4 Å². The molecule has 0 spiro atoms. The highest BCUT2D eigenvalue weighted by Gasteiger charge is 2.23. The van der Waals surface area contributed by atoms with Gasteiger partial charge in [-0.15, -0.1) is 0 Å². The lowest BCUT2D eigenvalue weighted by Gasteiger charge is -2.27. The van der Waals surface area contributed by atoms with Crippen LogP contribution in [0, 0.1) is 0 Å². The van der Waals surface area contributed by atoms with Crippen molar-refractivity contribution in [2.24, 2.45) is 5.73 Å². The van der Waals surface area contributed by atoms with Crippen LogP contribution >= 0.6 is 0 Å². The lowest BCUT2D eigenvalue weighted by Crippen LogP contribution is -2.27. The fraction of sp³-hybridized carbons (Fsp3) is 0.229. The van der Waals surface area contributed by atoms with Crippen LogP contribution in [0.1, 0.15) is 63.8 Å². The topological polar surface area (TPSA) is 76.7 Å². The third kappa shape index (κ3) is 5.86. The highest BCUT2D eigenvalue weighted by atomic mass is 14.9. The van der Waals surface area contributed by atoms with E-state index in [1.807, 2.05) is 36.7 Å². The van der Waals surface area contributed by atoms with Gasteiger partial charge >= 0.3 is 0 Å². The van der Waals surface area contributed by atoms with E-state index in [2.05, 4.69) is 82.0 Å². The molecular formula is C35H35N5. The fourth-order valence-electron chi connectivity index (χ4n) is 5.81. The molecule has 0 aliphatic heterocycles. The number of aromatic nitrogens is 3. The predicted octanol–water partition coefficient (Wildman–Crippen LogP) is 6.35. The molecule has 40 heavy (non-hydrogen) atoms. The van der Waals surface area contributed by atoms with E-state index in [0.29, 0.717) is 6.54 Å². The van der Waals surface area contributed by atoms with E-state index < -0.39 is 0 Å². The van der Waals surface area contributed by atoms with Gasteiger partial charge in [0.05, 0.1) is 17.4 Å². The maximum atomic E-state index is 6.26. The van der Waals surface area contributed by atoms with Crippen LogP contribution in [-0.2, 0) is 32.4 Å². The summed E-state index contributed by atoms with van der Waals surface area (Å²) in [6.45, 7) is 1.25. The molecule has 1 aliphatic carbocycles. The molecule has 3 heterocycles. The maximum Gasteiger partial charge on any atom is 0.0706 e. The lowest BCUT2D eigenvalue weighted by atomic mass is 9.88. The van der Waals surface area contributed by atoms with Crippen molar-refractivity contribution in [2.75, 3.05) is 0 Å². The molecule has 1 unspecified atom stereocenters. The van der Waals surface area contributed by atoms with E-state index >= 15 is 0 Å². The van der Waals surface area contributed by atoms with Gasteiger partial charge in [0.25, 0.3) is 0 Å². The second-order valence-corrected chi connectivity index (χ2v) is 10.5. The van der Waals surface area contributed by atoms with Crippen LogP contribution in [0.2, 0.25) is 0 Å². The second-order valence-electron chi connectivity index (χ2n) is 10.5. The minimum Gasteiger partial charge on any atom is -0.326 e. The molecule has 0 bridgehead atoms. The van der Waals surface area contributed by atoms with Gasteiger partial charge in [0.2, 0.25) is 0 Å². The molecule has 2 aromatic carbocycles. The van der Waals surface area contributed by atoms with Gasteiger partial charge in [0, 0.05) is 55.3 Å². The maximum absolute atomic E-state index is 6.26. The number of hydrogen-bond donors (Lipinski definition) is 2. The van der Waals surface area contributed by atoms with Gasteiger partial charge in [-0.25, -0.2) is 0 Å². The number of nitrogens with zero attached hydrogens (tertiary/aromatic N) is 3. The SMILES string of the molecule is NCc1ccc(CNC2CCCc3ccc(-c4ccccc4)nc32)c(Cc2ccccn2)c1Cc1ccccn1. The molecule has 1 aliphatic rings. The van der Waals surface area contributed by atoms with E-state index in [-0.39, 0.29) is 6.04 Å². The average Bonchev–Trinajstić information content (AvgIpc) is 3.02. The number of benzene rings is 2. The van der Waals surface area contributed by atoms with Gasteiger partial charge in [0.15, 0.2) is 0 Å². The van der Waals surface area contributed by atoms with E-state index in [9.17, 15) is 0 Å². The third-order valence-electron chi connectivity index (χ3n) is 7.90. The number of aryl methyl sites for hydroxylation is 1. The largest absolute Gasteiger partial charge is 0.326 e. The average molecular weight is 526 g/mol. The monoisotopic (exact) mass is 525 g/mol. The van der Waals surface area contributed by atoms with Gasteiger partial charge in [-0.1, -0.05) is 60.7 Å². The zero-order valence-corrected chi connectivity index (χ0v) is 22.8. The zero-order valence-electron chi connectivity index (χ0n) is 22.8. The van der Waals surface area contributed by atoms with Crippen molar-refractivity contribution in [2.45, 2.75) is 51.2 Å². The van der Waals surface area contributed by atoms with E-state index in [1.54, 1.807) is 0 Å². The first-order chi connectivity index (χ1) is 19.8. The third-order valence-corrected chi connectivity index (χ3v) is 7.90. The van der Waals surface area contributed by atoms with Gasteiger partial charge in [0.1, 0.15) is 0 Å². The Morgan fingerprint density at radius 1 is 0.725 bits per heavy atom. The van der Waals surface area contributed by atoms with Crippen LogP contribution in [0.5, 0.6) is 0 Å². The molecule has 3 N–H and O–H groups in total. The molecule has 1 atom stereocenters. The van der Waals surface area contributed by atoms with Crippen molar-refractivity contribution < 1.29 is 0 Å². The van der Waals surface area contributed by atoms with E-state index in [0.717, 1.165) is 66.9 Å². The first-order valence-electron chi connectivity index (χ1n) is 14.2. The fourth-order valence-corrected chi connectivity index (χ4v) is 5.81. The van der Waals surface area contributed by atoms with E-state index in [1.165, 1.54) is 27.9 Å². The molecule has 5 aromatic rings. The highest BCUT2D eigenvalue weighted by Crippen LogP contribution is 2.32. The summed E-state index contributed by atoms with van der Waals surface area (Å²) < 4.78 is 0. The Kier molecular flexibility index (Phi) is 8.03.